The number of rotatable bonds is 11. The zero-order valence-electron chi connectivity index (χ0n) is 19.6. The molecule has 2 aromatic heterocycles. The van der Waals surface area contributed by atoms with E-state index in [0.29, 0.717) is 29.8 Å². The first-order valence-corrected chi connectivity index (χ1v) is 11.8. The molecule has 2 heterocycles. The summed E-state index contributed by atoms with van der Waals surface area (Å²) in [5.41, 5.74) is 4.15. The number of fused-ring (bicyclic) bond motifs is 2. The van der Waals surface area contributed by atoms with Crippen LogP contribution in [0.1, 0.15) is 47.9 Å². The molecule has 0 aliphatic carbocycles. The molecule has 3 N–H and O–H groups in total. The van der Waals surface area contributed by atoms with Crippen LogP contribution in [0.15, 0.2) is 53.1 Å². The number of H-pyrrole nitrogens is 1. The molecule has 8 heteroatoms. The summed E-state index contributed by atoms with van der Waals surface area (Å²) in [5, 5.41) is 17.1. The first-order chi connectivity index (χ1) is 17.1. The average Bonchev–Trinajstić information content (AvgIpc) is 3.47. The molecule has 2 aromatic carbocycles. The fraction of sp³-hybridized carbons (Fsp3) is 0.296. The fourth-order valence-electron chi connectivity index (χ4n) is 3.99. The van der Waals surface area contributed by atoms with Gasteiger partial charge in [0.25, 0.3) is 0 Å². The highest BCUT2D eigenvalue weighted by atomic mass is 16.5. The lowest BCUT2D eigenvalue weighted by Gasteiger charge is -2.07. The minimum atomic E-state index is -0.505. The van der Waals surface area contributed by atoms with Gasteiger partial charge in [0, 0.05) is 41.1 Å². The molecule has 1 amide bonds. The van der Waals surface area contributed by atoms with Crippen LogP contribution in [0.25, 0.3) is 21.9 Å². The Morgan fingerprint density at radius 1 is 1.11 bits per heavy atom. The molecule has 8 nitrogen and oxygen atoms in total. The maximum atomic E-state index is 12.3. The van der Waals surface area contributed by atoms with Crippen LogP contribution in [0.4, 0.5) is 5.69 Å². The second-order valence-electron chi connectivity index (χ2n) is 8.28. The third-order valence-corrected chi connectivity index (χ3v) is 5.75. The van der Waals surface area contributed by atoms with E-state index in [9.17, 15) is 9.59 Å². The van der Waals surface area contributed by atoms with Gasteiger partial charge in [-0.15, -0.1) is 0 Å². The van der Waals surface area contributed by atoms with Crippen molar-refractivity contribution in [1.29, 1.82) is 5.26 Å². The Morgan fingerprint density at radius 3 is 2.83 bits per heavy atom. The first-order valence-electron chi connectivity index (χ1n) is 11.8. The number of amides is 1. The van der Waals surface area contributed by atoms with Crippen molar-refractivity contribution in [3.63, 3.8) is 0 Å². The van der Waals surface area contributed by atoms with Crippen LogP contribution in [-0.2, 0) is 16.0 Å². The van der Waals surface area contributed by atoms with E-state index in [1.165, 1.54) is 5.56 Å². The second kappa shape index (κ2) is 11.4. The molecule has 0 radical (unpaired) electrons. The number of ether oxygens (including phenoxy) is 1. The normalized spacial score (nSPS) is 11.0. The van der Waals surface area contributed by atoms with E-state index in [2.05, 4.69) is 21.7 Å². The highest BCUT2D eigenvalue weighted by Crippen LogP contribution is 2.24. The van der Waals surface area contributed by atoms with E-state index in [1.807, 2.05) is 24.4 Å². The number of furan rings is 1. The van der Waals surface area contributed by atoms with Gasteiger partial charge in [0.1, 0.15) is 5.58 Å². The summed E-state index contributed by atoms with van der Waals surface area (Å²) in [6.07, 6.45) is 5.32. The largest absolute Gasteiger partial charge is 0.460 e. The average molecular weight is 473 g/mol. The summed E-state index contributed by atoms with van der Waals surface area (Å²) in [6.45, 7) is 3.43. The molecule has 0 aliphatic rings. The van der Waals surface area contributed by atoms with Crippen molar-refractivity contribution in [2.45, 2.75) is 32.6 Å². The van der Waals surface area contributed by atoms with Gasteiger partial charge in [0.15, 0.2) is 0 Å². The van der Waals surface area contributed by atoms with Gasteiger partial charge in [-0.05, 0) is 80.8 Å². The number of anilines is 1. The lowest BCUT2D eigenvalue weighted by Crippen LogP contribution is -2.22. The summed E-state index contributed by atoms with van der Waals surface area (Å²) in [5.74, 6) is -0.445. The van der Waals surface area contributed by atoms with Gasteiger partial charge < -0.3 is 24.8 Å². The molecule has 0 unspecified atom stereocenters. The van der Waals surface area contributed by atoms with E-state index in [1.54, 1.807) is 31.2 Å². The summed E-state index contributed by atoms with van der Waals surface area (Å²) in [6, 6.07) is 14.7. The van der Waals surface area contributed by atoms with Crippen molar-refractivity contribution in [2.24, 2.45) is 0 Å². The second-order valence-corrected chi connectivity index (χ2v) is 8.28. The quantitative estimate of drug-likeness (QED) is 0.211. The molecule has 0 fully saturated rings. The Balaban J connectivity index is 1.16. The smallest absolute Gasteiger partial charge is 0.374 e. The molecular formula is C27H28N4O4. The number of hydrogen-bond donors (Lipinski definition) is 3. The third kappa shape index (κ3) is 6.08. The lowest BCUT2D eigenvalue weighted by atomic mass is 10.1. The molecule has 0 aliphatic heterocycles. The van der Waals surface area contributed by atoms with Gasteiger partial charge in [-0.2, -0.15) is 5.26 Å². The maximum absolute atomic E-state index is 12.3. The molecule has 0 saturated carbocycles. The van der Waals surface area contributed by atoms with Gasteiger partial charge in [-0.25, -0.2) is 4.79 Å². The van der Waals surface area contributed by atoms with Crippen molar-refractivity contribution in [3.8, 4) is 6.07 Å². The molecular weight excluding hydrogens is 444 g/mol. The van der Waals surface area contributed by atoms with Gasteiger partial charge in [-0.3, -0.25) is 4.79 Å². The topological polar surface area (TPSA) is 120 Å². The van der Waals surface area contributed by atoms with Gasteiger partial charge in [0.05, 0.1) is 18.2 Å². The number of aromatic amines is 1. The standard InChI is InChI=1S/C27H28N4O4/c1-2-34-27(33)25-15-20-14-21(7-9-24(20)35-25)31-26(32)10-12-29-11-4-3-5-19-17-30-23-8-6-18(16-28)13-22(19)23/h6-9,13-15,17,29-30H,2-5,10-12H2,1H3,(H,31,32). The molecule has 180 valence electrons. The van der Waals surface area contributed by atoms with Crippen molar-refractivity contribution < 1.29 is 18.7 Å². The lowest BCUT2D eigenvalue weighted by molar-refractivity contribution is -0.116. The van der Waals surface area contributed by atoms with Gasteiger partial charge in [-0.1, -0.05) is 0 Å². The van der Waals surface area contributed by atoms with Crippen molar-refractivity contribution in [2.75, 3.05) is 25.0 Å². The summed E-state index contributed by atoms with van der Waals surface area (Å²) >= 11 is 0. The van der Waals surface area contributed by atoms with Crippen molar-refractivity contribution in [1.82, 2.24) is 10.3 Å². The highest BCUT2D eigenvalue weighted by molar-refractivity contribution is 5.96. The zero-order valence-corrected chi connectivity index (χ0v) is 19.6. The molecule has 0 spiro atoms. The van der Waals surface area contributed by atoms with E-state index < -0.39 is 5.97 Å². The zero-order chi connectivity index (χ0) is 24.6. The van der Waals surface area contributed by atoms with Crippen molar-refractivity contribution >= 4 is 39.4 Å². The number of benzene rings is 2. The van der Waals surface area contributed by atoms with Crippen LogP contribution >= 0.6 is 0 Å². The van der Waals surface area contributed by atoms with Crippen LogP contribution in [0.3, 0.4) is 0 Å². The number of aromatic nitrogens is 1. The number of aryl methyl sites for hydroxylation is 1. The number of carbonyl (C=O) groups is 2. The Kier molecular flexibility index (Phi) is 7.81. The minimum absolute atomic E-state index is 0.0851. The van der Waals surface area contributed by atoms with E-state index in [-0.39, 0.29) is 18.3 Å². The number of nitriles is 1. The van der Waals surface area contributed by atoms with Gasteiger partial charge in [0.2, 0.25) is 11.7 Å². The molecule has 0 saturated heterocycles. The van der Waals surface area contributed by atoms with E-state index in [0.717, 1.165) is 42.1 Å². The van der Waals surface area contributed by atoms with Crippen LogP contribution in [0.5, 0.6) is 0 Å². The molecule has 4 rings (SSSR count). The summed E-state index contributed by atoms with van der Waals surface area (Å²) < 4.78 is 10.5. The monoisotopic (exact) mass is 472 g/mol. The van der Waals surface area contributed by atoms with Crippen LogP contribution < -0.4 is 10.6 Å². The number of carbonyl (C=O) groups excluding carboxylic acids is 2. The third-order valence-electron chi connectivity index (χ3n) is 5.75. The Morgan fingerprint density at radius 2 is 2.00 bits per heavy atom. The van der Waals surface area contributed by atoms with Crippen molar-refractivity contribution in [3.05, 3.63) is 65.5 Å². The Labute approximate surface area is 203 Å². The molecule has 4 aromatic rings. The number of esters is 1. The summed E-state index contributed by atoms with van der Waals surface area (Å²) in [4.78, 5) is 27.4. The Hall–Kier alpha value is -4.09. The SMILES string of the molecule is CCOC(=O)c1cc2cc(NC(=O)CCNCCCCc3c[nH]c4ccc(C#N)cc34)ccc2o1. The fourth-order valence-corrected chi connectivity index (χ4v) is 3.99. The van der Waals surface area contributed by atoms with Crippen LogP contribution in [0, 0.1) is 11.3 Å². The number of hydrogen-bond acceptors (Lipinski definition) is 6. The minimum Gasteiger partial charge on any atom is -0.460 e. The van der Waals surface area contributed by atoms with Crippen LogP contribution in [-0.4, -0.2) is 36.6 Å². The number of nitrogens with zero attached hydrogens (tertiary/aromatic N) is 1. The predicted molar refractivity (Wildman–Crippen MR) is 134 cm³/mol. The predicted octanol–water partition coefficient (Wildman–Crippen LogP) is 4.90. The number of unbranched alkanes of at least 4 members (excludes halogenated alkanes) is 1. The molecule has 35 heavy (non-hydrogen) atoms. The number of nitrogens with one attached hydrogen (secondary N) is 3. The Bertz CT molecular complexity index is 1380. The van der Waals surface area contributed by atoms with Gasteiger partial charge >= 0.3 is 5.97 Å². The van der Waals surface area contributed by atoms with E-state index in [4.69, 9.17) is 14.4 Å². The maximum Gasteiger partial charge on any atom is 0.374 e. The molecule has 0 atom stereocenters. The molecule has 0 bridgehead atoms. The van der Waals surface area contributed by atoms with E-state index >= 15 is 0 Å². The first kappa shape index (κ1) is 24.0. The highest BCUT2D eigenvalue weighted by Gasteiger charge is 2.14. The summed E-state index contributed by atoms with van der Waals surface area (Å²) in [7, 11) is 0. The van der Waals surface area contributed by atoms with Crippen LogP contribution in [0.2, 0.25) is 0 Å².